The maximum absolute atomic E-state index is 6.85. The van der Waals surface area contributed by atoms with Crippen LogP contribution in [-0.4, -0.2) is 0 Å². The predicted molar refractivity (Wildman–Crippen MR) is 222 cm³/mol. The van der Waals surface area contributed by atoms with Crippen molar-refractivity contribution in [3.05, 3.63) is 188 Å². The lowest BCUT2D eigenvalue weighted by Gasteiger charge is -2.29. The molecule has 11 rings (SSSR count). The Morgan fingerprint density at radius 1 is 0.321 bits per heavy atom. The second kappa shape index (κ2) is 11.7. The molecule has 11 aromatic rings. The average Bonchev–Trinajstić information content (AvgIpc) is 3.81. The third-order valence-corrected chi connectivity index (χ3v) is 10.7. The van der Waals surface area contributed by atoms with Crippen molar-refractivity contribution in [2.45, 2.75) is 0 Å². The van der Waals surface area contributed by atoms with Crippen molar-refractivity contribution < 1.29 is 8.83 Å². The maximum Gasteiger partial charge on any atom is 0.159 e. The molecule has 2 heterocycles. The summed E-state index contributed by atoms with van der Waals surface area (Å²) in [5.74, 6) is 0. The Bertz CT molecular complexity index is 3180. The van der Waals surface area contributed by atoms with Crippen LogP contribution in [0.1, 0.15) is 0 Å². The van der Waals surface area contributed by atoms with E-state index >= 15 is 0 Å². The van der Waals surface area contributed by atoms with Crippen molar-refractivity contribution in [2.75, 3.05) is 4.90 Å². The van der Waals surface area contributed by atoms with E-state index in [-0.39, 0.29) is 0 Å². The first-order valence-electron chi connectivity index (χ1n) is 18.0. The van der Waals surface area contributed by atoms with Gasteiger partial charge in [0.1, 0.15) is 16.7 Å². The molecule has 0 radical (unpaired) electrons. The van der Waals surface area contributed by atoms with Crippen LogP contribution in [0.25, 0.3) is 87.7 Å². The molecule has 0 aliphatic heterocycles. The molecule has 0 saturated carbocycles. The lowest BCUT2D eigenvalue weighted by atomic mass is 9.93. The first kappa shape index (κ1) is 29.6. The molecule has 0 amide bonds. The predicted octanol–water partition coefficient (Wildman–Crippen LogP) is 14.6. The van der Waals surface area contributed by atoms with Gasteiger partial charge in [0.25, 0.3) is 0 Å². The SMILES string of the molecule is c1ccc(-c2ccccc2N(c2cc3c(oc4cccc(-c5cccc6ccccc56)c43)c3ccccc23)c2cccc3c2oc2ccccc23)cc1. The van der Waals surface area contributed by atoms with Gasteiger partial charge in [0, 0.05) is 37.9 Å². The van der Waals surface area contributed by atoms with Crippen molar-refractivity contribution in [3.63, 3.8) is 0 Å². The number of hydrogen-bond acceptors (Lipinski definition) is 3. The highest BCUT2D eigenvalue weighted by Crippen LogP contribution is 2.50. The number of hydrogen-bond donors (Lipinski definition) is 0. The number of fused-ring (bicyclic) bond motifs is 9. The van der Waals surface area contributed by atoms with E-state index in [9.17, 15) is 0 Å². The lowest BCUT2D eigenvalue weighted by Crippen LogP contribution is -2.12. The van der Waals surface area contributed by atoms with Crippen molar-refractivity contribution >= 4 is 82.5 Å². The first-order valence-corrected chi connectivity index (χ1v) is 18.0. The largest absolute Gasteiger partial charge is 0.455 e. The van der Waals surface area contributed by atoms with Crippen LogP contribution in [0.15, 0.2) is 197 Å². The van der Waals surface area contributed by atoms with E-state index < -0.39 is 0 Å². The molecule has 0 unspecified atom stereocenters. The summed E-state index contributed by atoms with van der Waals surface area (Å²) < 4.78 is 13.6. The number of rotatable bonds is 5. The smallest absolute Gasteiger partial charge is 0.159 e. The van der Waals surface area contributed by atoms with Gasteiger partial charge in [-0.2, -0.15) is 0 Å². The summed E-state index contributed by atoms with van der Waals surface area (Å²) in [6.45, 7) is 0. The first-order chi connectivity index (χ1) is 26.3. The molecule has 3 nitrogen and oxygen atoms in total. The summed E-state index contributed by atoms with van der Waals surface area (Å²) in [6, 6.07) is 66.6. The van der Waals surface area contributed by atoms with Gasteiger partial charge in [-0.3, -0.25) is 0 Å². The summed E-state index contributed by atoms with van der Waals surface area (Å²) in [4.78, 5) is 2.40. The fourth-order valence-corrected chi connectivity index (χ4v) is 8.33. The third-order valence-electron chi connectivity index (χ3n) is 10.7. The molecular weight excluding hydrogens is 647 g/mol. The van der Waals surface area contributed by atoms with Crippen molar-refractivity contribution in [1.82, 2.24) is 0 Å². The lowest BCUT2D eigenvalue weighted by molar-refractivity contribution is 0.669. The van der Waals surface area contributed by atoms with Crippen LogP contribution >= 0.6 is 0 Å². The fourth-order valence-electron chi connectivity index (χ4n) is 8.33. The Labute approximate surface area is 305 Å². The van der Waals surface area contributed by atoms with Crippen LogP contribution in [-0.2, 0) is 0 Å². The topological polar surface area (TPSA) is 29.5 Å². The normalized spacial score (nSPS) is 11.8. The number of anilines is 3. The van der Waals surface area contributed by atoms with E-state index in [1.54, 1.807) is 0 Å². The highest BCUT2D eigenvalue weighted by molar-refractivity contribution is 6.24. The molecule has 248 valence electrons. The van der Waals surface area contributed by atoms with Crippen LogP contribution in [0, 0.1) is 0 Å². The minimum Gasteiger partial charge on any atom is -0.455 e. The molecule has 2 aromatic heterocycles. The Hall–Kier alpha value is -7.10. The molecule has 0 aliphatic carbocycles. The highest BCUT2D eigenvalue weighted by atomic mass is 16.3. The Morgan fingerprint density at radius 2 is 0.887 bits per heavy atom. The number of furan rings is 2. The quantitative estimate of drug-likeness (QED) is 0.182. The van der Waals surface area contributed by atoms with E-state index in [4.69, 9.17) is 8.83 Å². The van der Waals surface area contributed by atoms with Gasteiger partial charge in [-0.1, -0.05) is 158 Å². The van der Waals surface area contributed by atoms with E-state index in [1.165, 1.54) is 16.3 Å². The molecule has 53 heavy (non-hydrogen) atoms. The standard InChI is InChI=1S/C50H31NO2/c1-2-15-33(16-3-1)35-20-8-10-27-43(35)51(44-28-13-26-41-38-22-9-11-29-46(38)52-50(41)44)45-31-42-48-39(36-24-12-18-32-17-4-5-19-34(32)36)25-14-30-47(48)53-49(42)40-23-7-6-21-37(40)45/h1-31H. The Balaban J connectivity index is 1.28. The van der Waals surface area contributed by atoms with E-state index in [1.807, 2.05) is 6.07 Å². The van der Waals surface area contributed by atoms with Crippen LogP contribution < -0.4 is 4.90 Å². The Morgan fingerprint density at radius 3 is 1.79 bits per heavy atom. The molecular formula is C50H31NO2. The van der Waals surface area contributed by atoms with Gasteiger partial charge in [0.05, 0.1) is 17.1 Å². The molecule has 0 fully saturated rings. The number of para-hydroxylation sites is 3. The van der Waals surface area contributed by atoms with Crippen molar-refractivity contribution in [1.29, 1.82) is 0 Å². The average molecular weight is 678 g/mol. The molecule has 0 bridgehead atoms. The number of benzene rings is 9. The third kappa shape index (κ3) is 4.54. The summed E-state index contributed by atoms with van der Waals surface area (Å²) in [6.07, 6.45) is 0. The second-order valence-electron chi connectivity index (χ2n) is 13.6. The van der Waals surface area contributed by atoms with Gasteiger partial charge in [-0.05, 0) is 57.8 Å². The minimum absolute atomic E-state index is 0.842. The summed E-state index contributed by atoms with van der Waals surface area (Å²) >= 11 is 0. The fraction of sp³-hybridized carbons (Fsp3) is 0. The van der Waals surface area contributed by atoms with Crippen molar-refractivity contribution in [2.24, 2.45) is 0 Å². The second-order valence-corrected chi connectivity index (χ2v) is 13.6. The highest BCUT2D eigenvalue weighted by Gasteiger charge is 2.26. The Kier molecular flexibility index (Phi) is 6.55. The van der Waals surface area contributed by atoms with Gasteiger partial charge in [0.15, 0.2) is 5.58 Å². The monoisotopic (exact) mass is 677 g/mol. The van der Waals surface area contributed by atoms with Gasteiger partial charge in [-0.25, -0.2) is 0 Å². The summed E-state index contributed by atoms with van der Waals surface area (Å²) in [5.41, 5.74) is 11.1. The molecule has 3 heteroatoms. The zero-order valence-corrected chi connectivity index (χ0v) is 28.7. The van der Waals surface area contributed by atoms with E-state index in [2.05, 4.69) is 187 Å². The van der Waals surface area contributed by atoms with Gasteiger partial charge in [0.2, 0.25) is 0 Å². The molecule has 0 saturated heterocycles. The number of nitrogens with zero attached hydrogens (tertiary/aromatic N) is 1. The minimum atomic E-state index is 0.842. The van der Waals surface area contributed by atoms with Gasteiger partial charge < -0.3 is 13.7 Å². The molecule has 9 aromatic carbocycles. The van der Waals surface area contributed by atoms with Crippen LogP contribution in [0.2, 0.25) is 0 Å². The summed E-state index contributed by atoms with van der Waals surface area (Å²) in [7, 11) is 0. The molecule has 0 spiro atoms. The zero-order valence-electron chi connectivity index (χ0n) is 28.7. The van der Waals surface area contributed by atoms with Crippen LogP contribution in [0.4, 0.5) is 17.1 Å². The van der Waals surface area contributed by atoms with Crippen molar-refractivity contribution in [3.8, 4) is 22.3 Å². The van der Waals surface area contributed by atoms with Crippen LogP contribution in [0.3, 0.4) is 0 Å². The molecule has 0 atom stereocenters. The summed E-state index contributed by atoms with van der Waals surface area (Å²) in [5, 5.41) is 8.91. The van der Waals surface area contributed by atoms with Crippen LogP contribution in [0.5, 0.6) is 0 Å². The molecule has 0 aliphatic rings. The molecule has 0 N–H and O–H groups in total. The maximum atomic E-state index is 6.85. The van der Waals surface area contributed by atoms with E-state index in [0.717, 1.165) is 88.4 Å². The zero-order chi connectivity index (χ0) is 34.9. The van der Waals surface area contributed by atoms with E-state index in [0.29, 0.717) is 0 Å². The van der Waals surface area contributed by atoms with Gasteiger partial charge >= 0.3 is 0 Å². The van der Waals surface area contributed by atoms with Gasteiger partial charge in [-0.15, -0.1) is 0 Å².